The zero-order chi connectivity index (χ0) is 26.9. The fourth-order valence-corrected chi connectivity index (χ4v) is 7.38. The number of carbonyl (C=O) groups excluding carboxylic acids is 1. The quantitative estimate of drug-likeness (QED) is 0.397. The molecule has 3 aromatic rings. The predicted molar refractivity (Wildman–Crippen MR) is 140 cm³/mol. The maximum absolute atomic E-state index is 13.8. The van der Waals surface area contributed by atoms with Gasteiger partial charge in [-0.25, -0.2) is 22.2 Å². The van der Waals surface area contributed by atoms with Crippen molar-refractivity contribution in [2.75, 3.05) is 37.7 Å². The summed E-state index contributed by atoms with van der Waals surface area (Å²) in [5.74, 6) is -2.20. The zero-order valence-corrected chi connectivity index (χ0v) is 22.6. The molecule has 1 aromatic heterocycles. The molecule has 2 aromatic carbocycles. The number of anilines is 1. The molecule has 1 amide bonds. The molecule has 1 unspecified atom stereocenters. The molecule has 2 aliphatic rings. The lowest BCUT2D eigenvalue weighted by Crippen LogP contribution is -2.46. The molecule has 38 heavy (non-hydrogen) atoms. The molecule has 2 aliphatic heterocycles. The molecule has 8 nitrogen and oxygen atoms in total. The van der Waals surface area contributed by atoms with Crippen LogP contribution < -0.4 is 9.64 Å². The highest BCUT2D eigenvalue weighted by molar-refractivity contribution is 7.89. The number of thiazole rings is 1. The Morgan fingerprint density at radius 1 is 1.18 bits per heavy atom. The number of aromatic nitrogens is 1. The molecule has 0 spiro atoms. The topological polar surface area (TPSA) is 89.0 Å². The van der Waals surface area contributed by atoms with Gasteiger partial charge in [-0.3, -0.25) is 9.69 Å². The van der Waals surface area contributed by atoms with Crippen LogP contribution in [-0.2, 0) is 19.6 Å². The molecular weight excluding hydrogens is 536 g/mol. The molecule has 0 saturated carbocycles. The van der Waals surface area contributed by atoms with Crippen molar-refractivity contribution in [1.82, 2.24) is 9.29 Å². The summed E-state index contributed by atoms with van der Waals surface area (Å²) in [4.78, 5) is 20.0. The number of para-hydroxylation sites is 1. The fourth-order valence-electron chi connectivity index (χ4n) is 4.90. The number of fused-ring (bicyclic) bond motifs is 1. The van der Waals surface area contributed by atoms with Crippen molar-refractivity contribution in [2.24, 2.45) is 5.92 Å². The Morgan fingerprint density at radius 3 is 2.66 bits per heavy atom. The summed E-state index contributed by atoms with van der Waals surface area (Å²) in [5, 5.41) is 0.560. The third kappa shape index (κ3) is 5.40. The van der Waals surface area contributed by atoms with Crippen LogP contribution in [0.15, 0.2) is 41.3 Å². The van der Waals surface area contributed by atoms with Gasteiger partial charge in [-0.05, 0) is 62.9 Å². The van der Waals surface area contributed by atoms with E-state index in [1.54, 1.807) is 4.90 Å². The van der Waals surface area contributed by atoms with Crippen molar-refractivity contribution < 1.29 is 31.5 Å². The van der Waals surface area contributed by atoms with Gasteiger partial charge < -0.3 is 9.47 Å². The van der Waals surface area contributed by atoms with Crippen LogP contribution in [0, 0.1) is 17.6 Å². The van der Waals surface area contributed by atoms with Crippen LogP contribution in [0.5, 0.6) is 5.75 Å². The monoisotopic (exact) mass is 565 g/mol. The molecule has 2 fully saturated rings. The zero-order valence-electron chi connectivity index (χ0n) is 20.9. The summed E-state index contributed by atoms with van der Waals surface area (Å²) in [6, 6.07) is 8.23. The van der Waals surface area contributed by atoms with E-state index < -0.39 is 27.6 Å². The van der Waals surface area contributed by atoms with E-state index in [2.05, 4.69) is 0 Å². The van der Waals surface area contributed by atoms with Crippen molar-refractivity contribution in [3.05, 3.63) is 48.0 Å². The second-order valence-corrected chi connectivity index (χ2v) is 12.3. The maximum atomic E-state index is 13.8. The number of rotatable bonds is 8. The highest BCUT2D eigenvalue weighted by Crippen LogP contribution is 2.36. The first-order valence-electron chi connectivity index (χ1n) is 12.7. The van der Waals surface area contributed by atoms with Crippen LogP contribution in [-0.4, -0.2) is 62.6 Å². The SMILES string of the molecule is CCOc1cccc2sc(N(CC3CCCO3)C(=O)C3CCN(S(=O)(=O)c4ccc(F)c(F)c4)CC3)nc12. The number of sulfonamides is 1. The number of benzene rings is 2. The van der Waals surface area contributed by atoms with Gasteiger partial charge in [0, 0.05) is 25.6 Å². The van der Waals surface area contributed by atoms with Gasteiger partial charge >= 0.3 is 0 Å². The molecule has 0 radical (unpaired) electrons. The van der Waals surface area contributed by atoms with Crippen LogP contribution in [0.25, 0.3) is 10.2 Å². The van der Waals surface area contributed by atoms with Crippen LogP contribution in [0.4, 0.5) is 13.9 Å². The second-order valence-electron chi connectivity index (χ2n) is 9.37. The number of amides is 1. The number of piperidine rings is 1. The van der Waals surface area contributed by atoms with E-state index in [0.29, 0.717) is 55.1 Å². The molecule has 12 heteroatoms. The molecule has 0 bridgehead atoms. The third-order valence-electron chi connectivity index (χ3n) is 6.91. The predicted octanol–water partition coefficient (Wildman–Crippen LogP) is 4.59. The first-order valence-corrected chi connectivity index (χ1v) is 14.9. The van der Waals surface area contributed by atoms with E-state index in [9.17, 15) is 22.0 Å². The van der Waals surface area contributed by atoms with E-state index in [4.69, 9.17) is 14.5 Å². The van der Waals surface area contributed by atoms with Crippen molar-refractivity contribution in [3.63, 3.8) is 0 Å². The Hall–Kier alpha value is -2.67. The maximum Gasteiger partial charge on any atom is 0.243 e. The minimum atomic E-state index is -4.01. The van der Waals surface area contributed by atoms with Crippen molar-refractivity contribution in [3.8, 4) is 5.75 Å². The molecule has 1 atom stereocenters. The molecule has 5 rings (SSSR count). The summed E-state index contributed by atoms with van der Waals surface area (Å²) in [6.07, 6.45) is 2.30. The number of carbonyl (C=O) groups is 1. The summed E-state index contributed by atoms with van der Waals surface area (Å²) in [6.45, 7) is 3.62. The molecular formula is C26H29F2N3O5S2. The van der Waals surface area contributed by atoms with Crippen molar-refractivity contribution in [2.45, 2.75) is 43.6 Å². The lowest BCUT2D eigenvalue weighted by Gasteiger charge is -2.33. The Morgan fingerprint density at radius 2 is 1.97 bits per heavy atom. The second kappa shape index (κ2) is 11.2. The Kier molecular flexibility index (Phi) is 7.94. The molecule has 3 heterocycles. The van der Waals surface area contributed by atoms with E-state index in [1.165, 1.54) is 15.6 Å². The van der Waals surface area contributed by atoms with Crippen LogP contribution in [0.1, 0.15) is 32.6 Å². The summed E-state index contributed by atoms with van der Waals surface area (Å²) < 4.78 is 66.7. The number of nitrogens with zero attached hydrogens (tertiary/aromatic N) is 3. The molecule has 0 aliphatic carbocycles. The number of hydrogen-bond donors (Lipinski definition) is 0. The van der Waals surface area contributed by atoms with Crippen molar-refractivity contribution in [1.29, 1.82) is 0 Å². The first kappa shape index (κ1) is 26.9. The van der Waals surface area contributed by atoms with Gasteiger partial charge in [-0.2, -0.15) is 4.31 Å². The van der Waals surface area contributed by atoms with E-state index >= 15 is 0 Å². The lowest BCUT2D eigenvalue weighted by atomic mass is 9.96. The third-order valence-corrected chi connectivity index (χ3v) is 9.85. The van der Waals surface area contributed by atoms with Gasteiger partial charge in [-0.1, -0.05) is 17.4 Å². The summed E-state index contributed by atoms with van der Waals surface area (Å²) in [5.41, 5.74) is 0.701. The van der Waals surface area contributed by atoms with Crippen LogP contribution >= 0.6 is 11.3 Å². The van der Waals surface area contributed by atoms with Crippen molar-refractivity contribution >= 4 is 42.6 Å². The molecule has 0 N–H and O–H groups in total. The average Bonchev–Trinajstić information content (AvgIpc) is 3.59. The minimum absolute atomic E-state index is 0.0915. The Balaban J connectivity index is 1.35. The van der Waals surface area contributed by atoms with Gasteiger partial charge in [0.05, 0.1) is 28.9 Å². The van der Waals surface area contributed by atoms with Gasteiger partial charge in [0.1, 0.15) is 11.3 Å². The van der Waals surface area contributed by atoms with E-state index in [1.807, 2.05) is 25.1 Å². The largest absolute Gasteiger partial charge is 0.492 e. The van der Waals surface area contributed by atoms with Crippen LogP contribution in [0.2, 0.25) is 0 Å². The normalized spacial score (nSPS) is 19.2. The van der Waals surface area contributed by atoms with Gasteiger partial charge in [0.25, 0.3) is 0 Å². The van der Waals surface area contributed by atoms with Gasteiger partial charge in [0.2, 0.25) is 15.9 Å². The number of halogens is 2. The van der Waals surface area contributed by atoms with Gasteiger partial charge in [0.15, 0.2) is 16.8 Å². The van der Waals surface area contributed by atoms with E-state index in [0.717, 1.165) is 29.7 Å². The van der Waals surface area contributed by atoms with E-state index in [-0.39, 0.29) is 30.0 Å². The average molecular weight is 566 g/mol. The van der Waals surface area contributed by atoms with Crippen LogP contribution in [0.3, 0.4) is 0 Å². The standard InChI is InChI=1S/C26H29F2N3O5S2/c1-2-35-22-6-3-7-23-24(22)29-26(37-23)31(16-18-5-4-14-36-18)25(32)17-10-12-30(13-11-17)38(33,34)19-8-9-20(27)21(28)15-19/h3,6-9,15,17-18H,2,4-5,10-14,16H2,1H3. The fraction of sp³-hybridized carbons (Fsp3) is 0.462. The van der Waals surface area contributed by atoms with Gasteiger partial charge in [-0.15, -0.1) is 0 Å². The summed E-state index contributed by atoms with van der Waals surface area (Å²) in [7, 11) is -4.01. The molecule has 204 valence electrons. The Labute approximate surface area is 224 Å². The smallest absolute Gasteiger partial charge is 0.243 e. The Bertz CT molecular complexity index is 1420. The number of hydrogen-bond acceptors (Lipinski definition) is 7. The number of ether oxygens (including phenoxy) is 2. The lowest BCUT2D eigenvalue weighted by molar-refractivity contribution is -0.123. The summed E-state index contributed by atoms with van der Waals surface area (Å²) >= 11 is 1.41. The highest BCUT2D eigenvalue weighted by atomic mass is 32.2. The molecule has 2 saturated heterocycles. The first-order chi connectivity index (χ1) is 18.3. The minimum Gasteiger partial charge on any atom is -0.492 e. The highest BCUT2D eigenvalue weighted by Gasteiger charge is 2.36.